The quantitative estimate of drug-likeness (QED) is 0.477. The summed E-state index contributed by atoms with van der Waals surface area (Å²) in [5.74, 6) is 0.255. The van der Waals surface area contributed by atoms with Crippen LogP contribution in [0.15, 0.2) is 36.5 Å². The van der Waals surface area contributed by atoms with Crippen molar-refractivity contribution in [1.29, 1.82) is 0 Å². The predicted octanol–water partition coefficient (Wildman–Crippen LogP) is -0.545. The van der Waals surface area contributed by atoms with Crippen LogP contribution >= 0.6 is 0 Å². The van der Waals surface area contributed by atoms with Crippen LogP contribution < -0.4 is 80.3 Å². The van der Waals surface area contributed by atoms with E-state index in [4.69, 9.17) is 11.5 Å². The molecule has 1 aromatic carbocycles. The average Bonchev–Trinajstić information content (AvgIpc) is 2.58. The molecule has 1 aliphatic rings. The Morgan fingerprint density at radius 3 is 2.50 bits per heavy atom. The van der Waals surface area contributed by atoms with E-state index in [0.717, 1.165) is 31.4 Å². The van der Waals surface area contributed by atoms with Gasteiger partial charge in [0.1, 0.15) is 11.4 Å². The second kappa shape index (κ2) is 11.1. The third-order valence-corrected chi connectivity index (χ3v) is 4.22. The molecule has 0 radical (unpaired) electrons. The Labute approximate surface area is 203 Å². The number of nitrogens with zero attached hydrogens (tertiary/aromatic N) is 2. The molecule has 1 aromatic heterocycles. The van der Waals surface area contributed by atoms with Crippen LogP contribution in [0.2, 0.25) is 0 Å². The van der Waals surface area contributed by atoms with E-state index in [-0.39, 0.29) is 83.3 Å². The van der Waals surface area contributed by atoms with Crippen LogP contribution in [0.4, 0.5) is 17.5 Å². The molecule has 26 heavy (non-hydrogen) atoms. The Kier molecular flexibility index (Phi) is 9.88. The molecule has 2 aromatic rings. The van der Waals surface area contributed by atoms with Crippen molar-refractivity contribution in [3.05, 3.63) is 49.5 Å². The van der Waals surface area contributed by atoms with Gasteiger partial charge in [0.15, 0.2) is 0 Å². The van der Waals surface area contributed by atoms with E-state index in [2.05, 4.69) is 20.6 Å². The van der Waals surface area contributed by atoms with Gasteiger partial charge in [0.05, 0.1) is 0 Å². The third-order valence-electron chi connectivity index (χ3n) is 4.22. The van der Waals surface area contributed by atoms with Crippen molar-refractivity contribution in [2.75, 3.05) is 10.6 Å². The Morgan fingerprint density at radius 2 is 1.85 bits per heavy atom. The molecular formula is C18H25N6ORb. The number of nitrogens with two attached hydrogens (primary N) is 2. The normalized spacial score (nSPS) is 18.8. The molecule has 1 aliphatic carbocycles. The maximum atomic E-state index is 11.6. The number of nitrogens with one attached hydrogen (secondary N) is 2. The number of carbonyl (C=O) groups excluding carboxylic acids is 1. The first-order valence-corrected chi connectivity index (χ1v) is 8.14. The zero-order chi connectivity index (χ0) is 16.9. The maximum absolute atomic E-state index is 11.6. The third kappa shape index (κ3) is 6.09. The average molecular weight is 427 g/mol. The summed E-state index contributed by atoms with van der Waals surface area (Å²) in [6, 6.07) is 9.71. The molecule has 3 rings (SSSR count). The van der Waals surface area contributed by atoms with E-state index in [1.807, 2.05) is 30.3 Å². The molecular weight excluding hydrogens is 402 g/mol. The molecule has 0 aliphatic heterocycles. The van der Waals surface area contributed by atoms with Crippen molar-refractivity contribution in [1.82, 2.24) is 9.97 Å². The number of carbonyl (C=O) groups is 1. The van der Waals surface area contributed by atoms with Gasteiger partial charge in [-0.1, -0.05) is 31.0 Å². The molecule has 6 N–H and O–H groups in total. The molecule has 1 fully saturated rings. The van der Waals surface area contributed by atoms with Crippen LogP contribution in [0.5, 0.6) is 0 Å². The molecule has 0 bridgehead atoms. The van der Waals surface area contributed by atoms with Gasteiger partial charge in [0, 0.05) is 24.0 Å². The summed E-state index contributed by atoms with van der Waals surface area (Å²) in [5.41, 5.74) is 12.7. The fourth-order valence-electron chi connectivity index (χ4n) is 2.89. The van der Waals surface area contributed by atoms with E-state index in [0.29, 0.717) is 11.8 Å². The number of benzene rings is 1. The van der Waals surface area contributed by atoms with Crippen LogP contribution in [0.3, 0.4) is 0 Å². The number of anilines is 3. The van der Waals surface area contributed by atoms with Gasteiger partial charge in [-0.3, -0.25) is 4.79 Å². The van der Waals surface area contributed by atoms with Gasteiger partial charge in [0.2, 0.25) is 5.95 Å². The summed E-state index contributed by atoms with van der Waals surface area (Å²) < 4.78 is 0. The molecule has 0 saturated heterocycles. The van der Waals surface area contributed by atoms with Gasteiger partial charge < -0.3 is 29.5 Å². The topological polar surface area (TPSA) is 119 Å². The number of primary amides is 1. The van der Waals surface area contributed by atoms with Gasteiger partial charge in [-0.05, 0) is 25.0 Å². The van der Waals surface area contributed by atoms with Crippen molar-refractivity contribution in [3.63, 3.8) is 0 Å². The summed E-state index contributed by atoms with van der Waals surface area (Å²) in [6.45, 7) is 0. The Morgan fingerprint density at radius 1 is 1.15 bits per heavy atom. The summed E-state index contributed by atoms with van der Waals surface area (Å²) in [7, 11) is 0. The van der Waals surface area contributed by atoms with Gasteiger partial charge >= 0.3 is 58.2 Å². The number of aromatic nitrogens is 2. The fraction of sp³-hybridized carbons (Fsp3) is 0.333. The predicted molar refractivity (Wildman–Crippen MR) is 101 cm³/mol. The fourth-order valence-corrected chi connectivity index (χ4v) is 2.89. The van der Waals surface area contributed by atoms with Crippen molar-refractivity contribution in [2.45, 2.75) is 37.8 Å². The minimum absolute atomic E-state index is 0. The monoisotopic (exact) mass is 426 g/mol. The van der Waals surface area contributed by atoms with Gasteiger partial charge in [-0.15, -0.1) is 0 Å². The van der Waals surface area contributed by atoms with Crippen molar-refractivity contribution in [3.8, 4) is 0 Å². The number of rotatable bonds is 5. The number of hydrogen-bond acceptors (Lipinski definition) is 6. The van der Waals surface area contributed by atoms with Crippen molar-refractivity contribution in [2.24, 2.45) is 11.5 Å². The molecule has 1 saturated carbocycles. The molecule has 7 nitrogen and oxygen atoms in total. The van der Waals surface area contributed by atoms with Crippen LogP contribution in [-0.2, 0) is 0 Å². The van der Waals surface area contributed by atoms with E-state index in [9.17, 15) is 4.79 Å². The minimum Gasteiger partial charge on any atom is -0.365 e. The van der Waals surface area contributed by atoms with E-state index in [1.54, 1.807) is 0 Å². The number of amides is 1. The first kappa shape index (κ1) is 23.2. The summed E-state index contributed by atoms with van der Waals surface area (Å²) in [6.07, 6.45) is 5.72. The second-order valence-corrected chi connectivity index (χ2v) is 6.01. The molecule has 134 valence electrons. The SMILES string of the molecule is NC(=O)c1cnc(NC2CCCCC2N)nc1Nc1ccccc1.[CH3-].[Rb+]. The van der Waals surface area contributed by atoms with E-state index in [1.165, 1.54) is 6.20 Å². The standard InChI is InChI=1S/C17H22N6O.CH3.Rb/c18-13-8-4-5-9-14(13)22-17-20-10-12(15(19)24)16(23-17)21-11-6-2-1-3-7-11;;/h1-3,6-7,10,13-14H,4-5,8-9,18H2,(H2,19,24)(H2,20,21,22,23);1H3;/q;-1;+1. The molecule has 1 amide bonds. The second-order valence-electron chi connectivity index (χ2n) is 6.01. The summed E-state index contributed by atoms with van der Waals surface area (Å²) >= 11 is 0. The maximum Gasteiger partial charge on any atom is 1.00 e. The zero-order valence-electron chi connectivity index (χ0n) is 15.4. The largest absolute Gasteiger partial charge is 1.00 e. The Bertz CT molecular complexity index is 712. The number of para-hydroxylation sites is 1. The molecule has 2 unspecified atom stereocenters. The first-order chi connectivity index (χ1) is 11.6. The van der Waals surface area contributed by atoms with E-state index >= 15 is 0 Å². The molecule has 1 heterocycles. The van der Waals surface area contributed by atoms with E-state index < -0.39 is 5.91 Å². The molecule has 0 spiro atoms. The molecule has 2 atom stereocenters. The smallest absolute Gasteiger partial charge is 0.365 e. The Hall–Kier alpha value is -0.865. The van der Waals surface area contributed by atoms with Gasteiger partial charge in [0.25, 0.3) is 5.91 Å². The molecule has 8 heteroatoms. The summed E-state index contributed by atoms with van der Waals surface area (Å²) in [5, 5.41) is 6.40. The van der Waals surface area contributed by atoms with Crippen molar-refractivity contribution >= 4 is 23.4 Å². The Balaban J connectivity index is 0.00000169. The van der Waals surface area contributed by atoms with Crippen LogP contribution in [-0.4, -0.2) is 28.0 Å². The van der Waals surface area contributed by atoms with Crippen LogP contribution in [0.25, 0.3) is 0 Å². The van der Waals surface area contributed by atoms with Crippen LogP contribution in [0, 0.1) is 7.43 Å². The first-order valence-electron chi connectivity index (χ1n) is 8.14. The van der Waals surface area contributed by atoms with Gasteiger partial charge in [-0.2, -0.15) is 4.98 Å². The van der Waals surface area contributed by atoms with Crippen LogP contribution in [0.1, 0.15) is 36.0 Å². The van der Waals surface area contributed by atoms with Crippen molar-refractivity contribution < 1.29 is 63.0 Å². The summed E-state index contributed by atoms with van der Waals surface area (Å²) in [4.78, 5) is 20.3. The van der Waals surface area contributed by atoms with Gasteiger partial charge in [-0.25, -0.2) is 4.98 Å². The zero-order valence-corrected chi connectivity index (χ0v) is 20.3. The minimum atomic E-state index is -0.575. The number of hydrogen-bond donors (Lipinski definition) is 4.